The van der Waals surface area contributed by atoms with Crippen molar-refractivity contribution in [1.29, 1.82) is 0 Å². The summed E-state index contributed by atoms with van der Waals surface area (Å²) in [5.41, 5.74) is 0.414. The molecule has 0 saturated heterocycles. The molecular weight excluding hydrogens is 334 g/mol. The van der Waals surface area contributed by atoms with Crippen molar-refractivity contribution in [3.05, 3.63) is 52.3 Å². The van der Waals surface area contributed by atoms with E-state index in [0.717, 1.165) is 0 Å². The molecule has 0 atom stereocenters. The number of H-pyrrole nitrogens is 1. The summed E-state index contributed by atoms with van der Waals surface area (Å²) in [5.74, 6) is 0.918. The number of methoxy groups -OCH3 is 1. The maximum absolute atomic E-state index is 12.4. The van der Waals surface area contributed by atoms with E-state index in [2.05, 4.69) is 19.9 Å². The van der Waals surface area contributed by atoms with Crippen molar-refractivity contribution < 1.29 is 13.2 Å². The molecule has 2 N–H and O–H groups in total. The number of hydrogen-bond donors (Lipinski definition) is 2. The molecule has 126 valence electrons. The lowest BCUT2D eigenvalue weighted by molar-refractivity contribution is 0.411. The van der Waals surface area contributed by atoms with E-state index in [1.807, 2.05) is 0 Å². The van der Waals surface area contributed by atoms with Crippen LogP contribution in [0.1, 0.15) is 11.4 Å². The average molecular weight is 349 g/mol. The van der Waals surface area contributed by atoms with Gasteiger partial charge >= 0.3 is 0 Å². The van der Waals surface area contributed by atoms with Gasteiger partial charge in [0.15, 0.2) is 5.82 Å². The lowest BCUT2D eigenvalue weighted by Gasteiger charge is -2.09. The van der Waals surface area contributed by atoms with E-state index in [1.165, 1.54) is 29.8 Å². The number of benzene rings is 1. The third-order valence-corrected chi connectivity index (χ3v) is 4.90. The highest BCUT2D eigenvalue weighted by atomic mass is 32.2. The van der Waals surface area contributed by atoms with E-state index in [9.17, 15) is 13.2 Å². The van der Waals surface area contributed by atoms with E-state index >= 15 is 0 Å². The van der Waals surface area contributed by atoms with Gasteiger partial charge in [0.2, 0.25) is 15.7 Å². The molecule has 0 amide bonds. The molecule has 2 aromatic heterocycles. The van der Waals surface area contributed by atoms with Gasteiger partial charge in [-0.15, -0.1) is 10.2 Å². The number of aromatic amines is 1. The van der Waals surface area contributed by atoms with Crippen LogP contribution in [0, 0.1) is 6.92 Å². The lowest BCUT2D eigenvalue weighted by atomic mass is 10.2. The van der Waals surface area contributed by atoms with Crippen LogP contribution in [-0.2, 0) is 16.6 Å². The second-order valence-corrected chi connectivity index (χ2v) is 6.82. The van der Waals surface area contributed by atoms with Gasteiger partial charge in [-0.3, -0.25) is 9.20 Å². The summed E-state index contributed by atoms with van der Waals surface area (Å²) in [6.45, 7) is 1.66. The fraction of sp³-hybridized carbons (Fsp3) is 0.214. The van der Waals surface area contributed by atoms with Gasteiger partial charge in [0, 0.05) is 12.4 Å². The molecule has 0 radical (unpaired) electrons. The molecule has 0 aliphatic rings. The minimum Gasteiger partial charge on any atom is -0.496 e. The van der Waals surface area contributed by atoms with Crippen molar-refractivity contribution in [2.24, 2.45) is 0 Å². The van der Waals surface area contributed by atoms with Crippen molar-refractivity contribution >= 4 is 15.7 Å². The Bertz CT molecular complexity index is 1050. The zero-order valence-electron chi connectivity index (χ0n) is 13.0. The maximum atomic E-state index is 12.4. The second-order valence-electron chi connectivity index (χ2n) is 5.06. The van der Waals surface area contributed by atoms with E-state index in [1.54, 1.807) is 19.2 Å². The Labute approximate surface area is 137 Å². The first-order valence-corrected chi connectivity index (χ1v) is 8.46. The van der Waals surface area contributed by atoms with Crippen molar-refractivity contribution in [2.45, 2.75) is 18.4 Å². The van der Waals surface area contributed by atoms with Crippen LogP contribution in [0.25, 0.3) is 5.65 Å². The molecule has 2 heterocycles. The molecule has 0 aliphatic carbocycles. The minimum atomic E-state index is -3.74. The van der Waals surface area contributed by atoms with E-state index in [-0.39, 0.29) is 17.1 Å². The molecule has 0 aliphatic heterocycles. The monoisotopic (exact) mass is 349 g/mol. The number of hydrogen-bond acceptors (Lipinski definition) is 6. The number of sulfonamides is 1. The normalized spacial score (nSPS) is 11.8. The Hall–Kier alpha value is -2.72. The number of ether oxygens (including phenoxy) is 1. The Kier molecular flexibility index (Phi) is 4.08. The molecule has 0 unspecified atom stereocenters. The molecule has 3 rings (SSSR count). The number of aromatic nitrogens is 4. The Balaban J connectivity index is 1.86. The fourth-order valence-corrected chi connectivity index (χ4v) is 3.33. The summed E-state index contributed by atoms with van der Waals surface area (Å²) in [6.07, 6.45) is 2.99. The summed E-state index contributed by atoms with van der Waals surface area (Å²) < 4.78 is 33.8. The molecule has 10 heteroatoms. The summed E-state index contributed by atoms with van der Waals surface area (Å²) in [7, 11) is -2.21. The Morgan fingerprint density at radius 1 is 1.33 bits per heavy atom. The van der Waals surface area contributed by atoms with Crippen LogP contribution in [0.15, 0.2) is 40.3 Å². The molecule has 9 nitrogen and oxygen atoms in total. The van der Waals surface area contributed by atoms with Crippen LogP contribution in [0.3, 0.4) is 0 Å². The summed E-state index contributed by atoms with van der Waals surface area (Å²) in [6, 6.07) is 4.57. The van der Waals surface area contributed by atoms with Gasteiger partial charge < -0.3 is 9.72 Å². The molecule has 0 spiro atoms. The van der Waals surface area contributed by atoms with Crippen LogP contribution in [0.2, 0.25) is 0 Å². The van der Waals surface area contributed by atoms with Crippen LogP contribution >= 0.6 is 0 Å². The SMILES string of the molecule is COc1ccc(S(=O)(=O)NCc2nnc3c(=O)[nH]ccn23)cc1C. The lowest BCUT2D eigenvalue weighted by Crippen LogP contribution is -2.24. The highest BCUT2D eigenvalue weighted by Crippen LogP contribution is 2.21. The van der Waals surface area contributed by atoms with E-state index in [4.69, 9.17) is 4.74 Å². The fourth-order valence-electron chi connectivity index (χ4n) is 2.27. The van der Waals surface area contributed by atoms with Gasteiger partial charge in [0.25, 0.3) is 5.56 Å². The van der Waals surface area contributed by atoms with Crippen molar-refractivity contribution in [1.82, 2.24) is 24.3 Å². The first-order valence-electron chi connectivity index (χ1n) is 6.98. The molecule has 0 saturated carbocycles. The van der Waals surface area contributed by atoms with Crippen molar-refractivity contribution in [2.75, 3.05) is 7.11 Å². The summed E-state index contributed by atoms with van der Waals surface area (Å²) in [4.78, 5) is 14.2. The number of nitrogens with one attached hydrogen (secondary N) is 2. The average Bonchev–Trinajstić information content (AvgIpc) is 2.97. The van der Waals surface area contributed by atoms with Gasteiger partial charge in [0.05, 0.1) is 18.6 Å². The molecule has 24 heavy (non-hydrogen) atoms. The second kappa shape index (κ2) is 6.06. The number of aryl methyl sites for hydroxylation is 1. The standard InChI is InChI=1S/C14H15N5O4S/c1-9-7-10(3-4-11(9)23-2)24(21,22)16-8-12-17-18-13-14(20)15-5-6-19(12)13/h3-7,16H,8H2,1-2H3,(H,15,20). The van der Waals surface area contributed by atoms with Gasteiger partial charge in [-0.2, -0.15) is 0 Å². The Morgan fingerprint density at radius 3 is 2.83 bits per heavy atom. The topological polar surface area (TPSA) is 118 Å². The quantitative estimate of drug-likeness (QED) is 0.680. The highest BCUT2D eigenvalue weighted by Gasteiger charge is 2.17. The third-order valence-electron chi connectivity index (χ3n) is 3.50. The van der Waals surface area contributed by atoms with Crippen LogP contribution in [0.4, 0.5) is 0 Å². The molecule has 1 aromatic carbocycles. The Morgan fingerprint density at radius 2 is 2.12 bits per heavy atom. The third kappa shape index (κ3) is 2.88. The van der Waals surface area contributed by atoms with Gasteiger partial charge in [-0.25, -0.2) is 13.1 Å². The van der Waals surface area contributed by atoms with Crippen LogP contribution < -0.4 is 15.0 Å². The van der Waals surface area contributed by atoms with E-state index in [0.29, 0.717) is 17.1 Å². The van der Waals surface area contributed by atoms with E-state index < -0.39 is 15.6 Å². The zero-order valence-corrected chi connectivity index (χ0v) is 13.8. The first-order chi connectivity index (χ1) is 11.4. The maximum Gasteiger partial charge on any atom is 0.293 e. The molecule has 0 fully saturated rings. The van der Waals surface area contributed by atoms with Crippen LogP contribution in [0.5, 0.6) is 5.75 Å². The molecule has 0 bridgehead atoms. The largest absolute Gasteiger partial charge is 0.496 e. The van der Waals surface area contributed by atoms with Gasteiger partial charge in [-0.1, -0.05) is 0 Å². The van der Waals surface area contributed by atoms with Gasteiger partial charge in [0.1, 0.15) is 5.75 Å². The predicted molar refractivity (Wildman–Crippen MR) is 85.4 cm³/mol. The molecular formula is C14H15N5O4S. The smallest absolute Gasteiger partial charge is 0.293 e. The summed E-state index contributed by atoms with van der Waals surface area (Å²) in [5, 5.41) is 7.59. The molecule has 3 aromatic rings. The van der Waals surface area contributed by atoms with Gasteiger partial charge in [-0.05, 0) is 30.7 Å². The number of rotatable bonds is 5. The predicted octanol–water partition coefficient (Wildman–Crippen LogP) is 0.213. The number of fused-ring (bicyclic) bond motifs is 1. The number of nitrogens with zero attached hydrogens (tertiary/aromatic N) is 3. The van der Waals surface area contributed by atoms with Crippen molar-refractivity contribution in [3.63, 3.8) is 0 Å². The minimum absolute atomic E-state index is 0.0992. The zero-order chi connectivity index (χ0) is 17.3. The highest BCUT2D eigenvalue weighted by molar-refractivity contribution is 7.89. The van der Waals surface area contributed by atoms with Crippen molar-refractivity contribution in [3.8, 4) is 5.75 Å². The van der Waals surface area contributed by atoms with Crippen LogP contribution in [-0.4, -0.2) is 35.1 Å². The first kappa shape index (κ1) is 16.1. The summed E-state index contributed by atoms with van der Waals surface area (Å²) >= 11 is 0.